The first-order valence-electron chi connectivity index (χ1n) is 5.00. The number of nitrogens with zero attached hydrogens (tertiary/aromatic N) is 1. The van der Waals surface area contributed by atoms with Crippen LogP contribution in [0, 0.1) is 0 Å². The molecule has 1 atom stereocenters. The minimum absolute atomic E-state index is 0.0465. The molecule has 0 saturated carbocycles. The number of aryl methyl sites for hydroxylation is 1. The van der Waals surface area contributed by atoms with Gasteiger partial charge in [0.1, 0.15) is 0 Å². The summed E-state index contributed by atoms with van der Waals surface area (Å²) in [4.78, 5) is 4.50. The Balaban J connectivity index is 2.09. The molecule has 0 aliphatic carbocycles. The van der Waals surface area contributed by atoms with Crippen LogP contribution < -0.4 is 5.73 Å². The average Bonchev–Trinajstić information content (AvgIpc) is 2.68. The van der Waals surface area contributed by atoms with E-state index in [4.69, 9.17) is 10.8 Å². The topological polar surface area (TPSA) is 59.1 Å². The van der Waals surface area contributed by atoms with Gasteiger partial charge in [-0.2, -0.15) is 0 Å². The Morgan fingerprint density at radius 2 is 2.20 bits per heavy atom. The van der Waals surface area contributed by atoms with Gasteiger partial charge in [0.05, 0.1) is 21.8 Å². The number of hydrogen-bond donors (Lipinski definition) is 2. The second-order valence-electron chi connectivity index (χ2n) is 3.56. The molecule has 0 saturated heterocycles. The first-order valence-corrected chi connectivity index (χ1v) is 5.82. The third-order valence-corrected chi connectivity index (χ3v) is 3.40. The molecular formula is C11H14N2OS. The molecule has 0 aliphatic rings. The summed E-state index contributed by atoms with van der Waals surface area (Å²) in [6.45, 7) is 0.0465. The lowest BCUT2D eigenvalue weighted by atomic mass is 10.2. The van der Waals surface area contributed by atoms with Crippen LogP contribution in [0.25, 0.3) is 10.2 Å². The van der Waals surface area contributed by atoms with E-state index in [-0.39, 0.29) is 12.6 Å². The van der Waals surface area contributed by atoms with Crippen LogP contribution in [0.15, 0.2) is 24.3 Å². The SMILES string of the molecule is N[C@@H](CO)CCc1nc2ccccc2s1. The fourth-order valence-corrected chi connectivity index (χ4v) is 2.41. The van der Waals surface area contributed by atoms with Crippen molar-refractivity contribution in [2.24, 2.45) is 5.73 Å². The lowest BCUT2D eigenvalue weighted by Crippen LogP contribution is -2.24. The molecule has 4 heteroatoms. The molecular weight excluding hydrogens is 208 g/mol. The molecule has 0 radical (unpaired) electrons. The molecule has 1 aromatic carbocycles. The molecule has 2 aromatic rings. The van der Waals surface area contributed by atoms with Gasteiger partial charge < -0.3 is 10.8 Å². The zero-order chi connectivity index (χ0) is 10.7. The summed E-state index contributed by atoms with van der Waals surface area (Å²) in [6.07, 6.45) is 1.64. The Morgan fingerprint density at radius 1 is 1.40 bits per heavy atom. The highest BCUT2D eigenvalue weighted by molar-refractivity contribution is 7.18. The number of para-hydroxylation sites is 1. The van der Waals surface area contributed by atoms with Gasteiger partial charge in [-0.3, -0.25) is 0 Å². The van der Waals surface area contributed by atoms with Crippen LogP contribution in [0.4, 0.5) is 0 Å². The van der Waals surface area contributed by atoms with E-state index in [0.717, 1.165) is 23.4 Å². The van der Waals surface area contributed by atoms with E-state index >= 15 is 0 Å². The molecule has 80 valence electrons. The van der Waals surface area contributed by atoms with Crippen molar-refractivity contribution in [2.45, 2.75) is 18.9 Å². The number of hydrogen-bond acceptors (Lipinski definition) is 4. The van der Waals surface area contributed by atoms with Gasteiger partial charge in [-0.05, 0) is 18.6 Å². The molecule has 3 N–H and O–H groups in total. The Hall–Kier alpha value is -0.970. The van der Waals surface area contributed by atoms with E-state index in [0.29, 0.717) is 0 Å². The highest BCUT2D eigenvalue weighted by atomic mass is 32.1. The molecule has 0 fully saturated rings. The van der Waals surface area contributed by atoms with Crippen molar-refractivity contribution in [3.63, 3.8) is 0 Å². The van der Waals surface area contributed by atoms with Gasteiger partial charge in [0.2, 0.25) is 0 Å². The van der Waals surface area contributed by atoms with Crippen LogP contribution in [0.2, 0.25) is 0 Å². The fourth-order valence-electron chi connectivity index (χ4n) is 1.43. The highest BCUT2D eigenvalue weighted by Gasteiger charge is 2.05. The van der Waals surface area contributed by atoms with E-state index in [1.165, 1.54) is 4.70 Å². The Kier molecular flexibility index (Phi) is 3.30. The normalized spacial score (nSPS) is 13.2. The standard InChI is InChI=1S/C11H14N2OS/c12-8(7-14)5-6-11-13-9-3-1-2-4-10(9)15-11/h1-4,8,14H,5-7,12H2/t8-/m1/s1. The molecule has 1 heterocycles. The van der Waals surface area contributed by atoms with Gasteiger partial charge in [0, 0.05) is 12.5 Å². The van der Waals surface area contributed by atoms with Gasteiger partial charge in [0.25, 0.3) is 0 Å². The monoisotopic (exact) mass is 222 g/mol. The molecule has 0 amide bonds. The second kappa shape index (κ2) is 4.70. The highest BCUT2D eigenvalue weighted by Crippen LogP contribution is 2.22. The smallest absolute Gasteiger partial charge is 0.0939 e. The maximum atomic E-state index is 8.81. The number of nitrogens with two attached hydrogens (primary N) is 1. The van der Waals surface area contributed by atoms with Crippen molar-refractivity contribution in [3.05, 3.63) is 29.3 Å². The molecule has 3 nitrogen and oxygen atoms in total. The molecule has 2 rings (SSSR count). The van der Waals surface area contributed by atoms with Gasteiger partial charge in [-0.15, -0.1) is 11.3 Å². The summed E-state index contributed by atoms with van der Waals surface area (Å²) in [5.41, 5.74) is 6.69. The zero-order valence-corrected chi connectivity index (χ0v) is 9.20. The lowest BCUT2D eigenvalue weighted by molar-refractivity contribution is 0.260. The molecule has 0 spiro atoms. The Labute approximate surface area is 92.6 Å². The van der Waals surface area contributed by atoms with Crippen LogP contribution in [0.1, 0.15) is 11.4 Å². The van der Waals surface area contributed by atoms with Crippen molar-refractivity contribution in [1.82, 2.24) is 4.98 Å². The summed E-state index contributed by atoms with van der Waals surface area (Å²) in [5.74, 6) is 0. The maximum Gasteiger partial charge on any atom is 0.0939 e. The minimum Gasteiger partial charge on any atom is -0.395 e. The number of aliphatic hydroxyl groups is 1. The van der Waals surface area contributed by atoms with E-state index in [1.54, 1.807) is 11.3 Å². The predicted molar refractivity (Wildman–Crippen MR) is 63.0 cm³/mol. The Bertz CT molecular complexity index is 408. The number of aliphatic hydroxyl groups excluding tert-OH is 1. The van der Waals surface area contributed by atoms with Crippen LogP contribution in [0.5, 0.6) is 0 Å². The van der Waals surface area contributed by atoms with Gasteiger partial charge >= 0.3 is 0 Å². The second-order valence-corrected chi connectivity index (χ2v) is 4.67. The number of fused-ring (bicyclic) bond motifs is 1. The molecule has 1 aromatic heterocycles. The number of benzene rings is 1. The summed E-state index contributed by atoms with van der Waals surface area (Å²) >= 11 is 1.70. The Morgan fingerprint density at radius 3 is 2.93 bits per heavy atom. The fraction of sp³-hybridized carbons (Fsp3) is 0.364. The average molecular weight is 222 g/mol. The largest absolute Gasteiger partial charge is 0.395 e. The summed E-state index contributed by atoms with van der Waals surface area (Å²) < 4.78 is 1.21. The van der Waals surface area contributed by atoms with Crippen molar-refractivity contribution in [3.8, 4) is 0 Å². The van der Waals surface area contributed by atoms with E-state index in [9.17, 15) is 0 Å². The maximum absolute atomic E-state index is 8.81. The molecule has 0 unspecified atom stereocenters. The van der Waals surface area contributed by atoms with E-state index < -0.39 is 0 Å². The third-order valence-electron chi connectivity index (χ3n) is 2.30. The first-order chi connectivity index (χ1) is 7.29. The number of aromatic nitrogens is 1. The van der Waals surface area contributed by atoms with Crippen LogP contribution >= 0.6 is 11.3 Å². The molecule has 0 aliphatic heterocycles. The summed E-state index contributed by atoms with van der Waals surface area (Å²) in [7, 11) is 0. The van der Waals surface area contributed by atoms with E-state index in [1.807, 2.05) is 18.2 Å². The van der Waals surface area contributed by atoms with Crippen LogP contribution in [-0.4, -0.2) is 22.7 Å². The van der Waals surface area contributed by atoms with Crippen molar-refractivity contribution >= 4 is 21.6 Å². The van der Waals surface area contributed by atoms with Crippen LogP contribution in [-0.2, 0) is 6.42 Å². The summed E-state index contributed by atoms with van der Waals surface area (Å²) in [6, 6.07) is 7.97. The molecule has 0 bridgehead atoms. The van der Waals surface area contributed by atoms with Crippen molar-refractivity contribution in [2.75, 3.05) is 6.61 Å². The van der Waals surface area contributed by atoms with E-state index in [2.05, 4.69) is 11.1 Å². The quantitative estimate of drug-likeness (QED) is 0.825. The first kappa shape index (κ1) is 10.5. The van der Waals surface area contributed by atoms with Crippen molar-refractivity contribution in [1.29, 1.82) is 0 Å². The van der Waals surface area contributed by atoms with Gasteiger partial charge in [-0.25, -0.2) is 4.98 Å². The van der Waals surface area contributed by atoms with Gasteiger partial charge in [-0.1, -0.05) is 12.1 Å². The third kappa shape index (κ3) is 2.53. The number of thiazole rings is 1. The van der Waals surface area contributed by atoms with Gasteiger partial charge in [0.15, 0.2) is 0 Å². The zero-order valence-electron chi connectivity index (χ0n) is 8.39. The number of rotatable bonds is 4. The lowest BCUT2D eigenvalue weighted by Gasteiger charge is -2.04. The summed E-state index contributed by atoms with van der Waals surface area (Å²) in [5, 5.41) is 9.91. The van der Waals surface area contributed by atoms with Crippen molar-refractivity contribution < 1.29 is 5.11 Å². The van der Waals surface area contributed by atoms with Crippen LogP contribution in [0.3, 0.4) is 0 Å². The molecule has 15 heavy (non-hydrogen) atoms. The minimum atomic E-state index is -0.128. The predicted octanol–water partition coefficient (Wildman–Crippen LogP) is 1.55.